The molecule has 0 amide bonds. The normalized spacial score (nSPS) is 27.5. The molecule has 2 atom stereocenters. The maximum Gasteiger partial charge on any atom is 0.136 e. The van der Waals surface area contributed by atoms with E-state index in [-0.39, 0.29) is 11.8 Å². The van der Waals surface area contributed by atoms with Crippen LogP contribution < -0.4 is 0 Å². The second-order valence-electron chi connectivity index (χ2n) is 3.10. The maximum atomic E-state index is 11.1. The first-order valence-electron chi connectivity index (χ1n) is 4.00. The van der Waals surface area contributed by atoms with E-state index < -0.39 is 6.10 Å². The van der Waals surface area contributed by atoms with Gasteiger partial charge < -0.3 is 5.11 Å². The number of carbonyl (C=O) groups is 1. The summed E-state index contributed by atoms with van der Waals surface area (Å²) in [5.74, 6) is 0.627. The first-order valence-corrected chi connectivity index (χ1v) is 4.54. The molecular formula is C8H13ClO2. The van der Waals surface area contributed by atoms with Crippen LogP contribution in [0.15, 0.2) is 0 Å². The molecule has 0 bridgehead atoms. The molecule has 0 aliphatic heterocycles. The van der Waals surface area contributed by atoms with Crippen LogP contribution in [-0.4, -0.2) is 22.9 Å². The zero-order valence-corrected chi connectivity index (χ0v) is 7.18. The minimum Gasteiger partial charge on any atom is -0.392 e. The standard InChI is InChI=1S/C8H13ClO2/c9-5-7(10)4-6-2-1-3-8(6)11/h6-7,10H,1-5H2. The van der Waals surface area contributed by atoms with Crippen molar-refractivity contribution in [2.75, 3.05) is 5.88 Å². The van der Waals surface area contributed by atoms with Crippen molar-refractivity contribution in [3.63, 3.8) is 0 Å². The Morgan fingerprint density at radius 1 is 1.73 bits per heavy atom. The minimum atomic E-state index is -0.497. The SMILES string of the molecule is O=C1CCCC1CC(O)CCl. The summed E-state index contributed by atoms with van der Waals surface area (Å²) in [6, 6.07) is 0. The first-order chi connectivity index (χ1) is 5.24. The summed E-state index contributed by atoms with van der Waals surface area (Å²) in [5, 5.41) is 9.15. The highest BCUT2D eigenvalue weighted by Gasteiger charge is 2.25. The lowest BCUT2D eigenvalue weighted by atomic mass is 10.00. The molecule has 1 saturated carbocycles. The molecule has 2 unspecified atom stereocenters. The Morgan fingerprint density at radius 3 is 2.91 bits per heavy atom. The summed E-state index contributed by atoms with van der Waals surface area (Å²) >= 11 is 5.42. The molecule has 11 heavy (non-hydrogen) atoms. The molecule has 1 fully saturated rings. The van der Waals surface area contributed by atoms with E-state index in [4.69, 9.17) is 16.7 Å². The number of hydrogen-bond donors (Lipinski definition) is 1. The topological polar surface area (TPSA) is 37.3 Å². The monoisotopic (exact) mass is 176 g/mol. The first kappa shape index (κ1) is 9.01. The number of ketones is 1. The van der Waals surface area contributed by atoms with Gasteiger partial charge in [-0.3, -0.25) is 4.79 Å². The van der Waals surface area contributed by atoms with Gasteiger partial charge in [0.25, 0.3) is 0 Å². The van der Waals surface area contributed by atoms with Crippen molar-refractivity contribution < 1.29 is 9.90 Å². The fourth-order valence-electron chi connectivity index (χ4n) is 1.53. The zero-order chi connectivity index (χ0) is 8.27. The molecule has 3 heteroatoms. The highest BCUT2D eigenvalue weighted by atomic mass is 35.5. The maximum absolute atomic E-state index is 11.1. The molecule has 0 aromatic rings. The fourth-order valence-corrected chi connectivity index (χ4v) is 1.65. The third-order valence-corrected chi connectivity index (χ3v) is 2.52. The Bertz CT molecular complexity index is 147. The van der Waals surface area contributed by atoms with Gasteiger partial charge in [0.15, 0.2) is 0 Å². The van der Waals surface area contributed by atoms with E-state index in [2.05, 4.69) is 0 Å². The molecular weight excluding hydrogens is 164 g/mol. The summed E-state index contributed by atoms with van der Waals surface area (Å²) in [7, 11) is 0. The average molecular weight is 177 g/mol. The molecule has 1 aliphatic carbocycles. The van der Waals surface area contributed by atoms with Crippen LogP contribution in [0.2, 0.25) is 0 Å². The second-order valence-corrected chi connectivity index (χ2v) is 3.41. The Hall–Kier alpha value is -0.0800. The molecule has 1 N–H and O–H groups in total. The van der Waals surface area contributed by atoms with Crippen molar-refractivity contribution in [2.45, 2.75) is 31.8 Å². The van der Waals surface area contributed by atoms with Crippen molar-refractivity contribution in [2.24, 2.45) is 5.92 Å². The van der Waals surface area contributed by atoms with Gasteiger partial charge in [0.1, 0.15) is 5.78 Å². The molecule has 0 saturated heterocycles. The predicted molar refractivity (Wildman–Crippen MR) is 43.7 cm³/mol. The largest absolute Gasteiger partial charge is 0.392 e. The lowest BCUT2D eigenvalue weighted by molar-refractivity contribution is -0.121. The summed E-state index contributed by atoms with van der Waals surface area (Å²) < 4.78 is 0. The van der Waals surface area contributed by atoms with Gasteiger partial charge in [-0.25, -0.2) is 0 Å². The van der Waals surface area contributed by atoms with Gasteiger partial charge >= 0.3 is 0 Å². The lowest BCUT2D eigenvalue weighted by Crippen LogP contribution is -2.17. The average Bonchev–Trinajstić information content (AvgIpc) is 2.37. The third kappa shape index (κ3) is 2.46. The molecule has 0 heterocycles. The number of hydrogen-bond acceptors (Lipinski definition) is 2. The van der Waals surface area contributed by atoms with E-state index in [9.17, 15) is 4.79 Å². The third-order valence-electron chi connectivity index (χ3n) is 2.17. The van der Waals surface area contributed by atoms with Crippen molar-refractivity contribution in [1.29, 1.82) is 0 Å². The number of aliphatic hydroxyl groups is 1. The predicted octanol–water partition coefficient (Wildman–Crippen LogP) is 1.35. The van der Waals surface area contributed by atoms with E-state index in [1.54, 1.807) is 0 Å². The van der Waals surface area contributed by atoms with Crippen molar-refractivity contribution in [3.8, 4) is 0 Å². The van der Waals surface area contributed by atoms with E-state index in [0.29, 0.717) is 18.6 Å². The summed E-state index contributed by atoms with van der Waals surface area (Å²) in [6.07, 6.45) is 2.68. The number of carbonyl (C=O) groups excluding carboxylic acids is 1. The van der Waals surface area contributed by atoms with Crippen LogP contribution >= 0.6 is 11.6 Å². The number of rotatable bonds is 3. The zero-order valence-electron chi connectivity index (χ0n) is 6.42. The van der Waals surface area contributed by atoms with Gasteiger partial charge in [-0.15, -0.1) is 11.6 Å². The molecule has 0 aromatic carbocycles. The molecule has 0 aromatic heterocycles. The fraction of sp³-hybridized carbons (Fsp3) is 0.875. The van der Waals surface area contributed by atoms with E-state index in [1.807, 2.05) is 0 Å². The van der Waals surface area contributed by atoms with Crippen molar-refractivity contribution >= 4 is 17.4 Å². The Labute approximate surface area is 71.5 Å². The summed E-state index contributed by atoms with van der Waals surface area (Å²) in [4.78, 5) is 11.1. The lowest BCUT2D eigenvalue weighted by Gasteiger charge is -2.10. The van der Waals surface area contributed by atoms with Crippen LogP contribution in [0.5, 0.6) is 0 Å². The van der Waals surface area contributed by atoms with Crippen molar-refractivity contribution in [3.05, 3.63) is 0 Å². The van der Waals surface area contributed by atoms with E-state index >= 15 is 0 Å². The molecule has 1 aliphatic rings. The van der Waals surface area contributed by atoms with Crippen LogP contribution in [0.3, 0.4) is 0 Å². The molecule has 1 rings (SSSR count). The Kier molecular flexibility index (Phi) is 3.34. The van der Waals surface area contributed by atoms with Crippen LogP contribution in [-0.2, 0) is 4.79 Å². The number of alkyl halides is 1. The highest BCUT2D eigenvalue weighted by molar-refractivity contribution is 6.18. The van der Waals surface area contributed by atoms with Gasteiger partial charge in [0, 0.05) is 18.2 Å². The Balaban J connectivity index is 2.30. The molecule has 0 spiro atoms. The van der Waals surface area contributed by atoms with Gasteiger partial charge in [-0.05, 0) is 19.3 Å². The highest BCUT2D eigenvalue weighted by Crippen LogP contribution is 2.25. The second kappa shape index (κ2) is 4.07. The smallest absolute Gasteiger partial charge is 0.136 e. The van der Waals surface area contributed by atoms with Crippen molar-refractivity contribution in [1.82, 2.24) is 0 Å². The number of halogens is 1. The van der Waals surface area contributed by atoms with E-state index in [0.717, 1.165) is 12.8 Å². The van der Waals surface area contributed by atoms with E-state index in [1.165, 1.54) is 0 Å². The van der Waals surface area contributed by atoms with Gasteiger partial charge in [-0.2, -0.15) is 0 Å². The molecule has 64 valence electrons. The van der Waals surface area contributed by atoms with Crippen LogP contribution in [0, 0.1) is 5.92 Å². The summed E-state index contributed by atoms with van der Waals surface area (Å²) in [6.45, 7) is 0. The van der Waals surface area contributed by atoms with Gasteiger partial charge in [-0.1, -0.05) is 0 Å². The minimum absolute atomic E-state index is 0.0868. The quantitative estimate of drug-likeness (QED) is 0.660. The van der Waals surface area contributed by atoms with Gasteiger partial charge in [0.05, 0.1) is 6.10 Å². The van der Waals surface area contributed by atoms with Crippen LogP contribution in [0.1, 0.15) is 25.7 Å². The van der Waals surface area contributed by atoms with Gasteiger partial charge in [0.2, 0.25) is 0 Å². The molecule has 0 radical (unpaired) electrons. The van der Waals surface area contributed by atoms with Crippen LogP contribution in [0.25, 0.3) is 0 Å². The number of aliphatic hydroxyl groups excluding tert-OH is 1. The van der Waals surface area contributed by atoms with Crippen LogP contribution in [0.4, 0.5) is 0 Å². The summed E-state index contributed by atoms with van der Waals surface area (Å²) in [5.41, 5.74) is 0. The number of Topliss-reactive ketones (excluding diaryl/α,β-unsaturated/α-hetero) is 1. The molecule has 2 nitrogen and oxygen atoms in total. The Morgan fingerprint density at radius 2 is 2.45 bits per heavy atom.